The Morgan fingerprint density at radius 3 is 2.35 bits per heavy atom. The molecule has 1 rings (SSSR count). The van der Waals surface area contributed by atoms with Crippen molar-refractivity contribution in [1.82, 2.24) is 4.90 Å². The van der Waals surface area contributed by atoms with Crippen LogP contribution in [-0.2, 0) is 6.42 Å². The Bertz CT molecular complexity index is 363. The molecule has 20 heavy (non-hydrogen) atoms. The zero-order valence-corrected chi connectivity index (χ0v) is 13.7. The van der Waals surface area contributed by atoms with Crippen LogP contribution in [0.5, 0.6) is 0 Å². The van der Waals surface area contributed by atoms with E-state index < -0.39 is 0 Å². The van der Waals surface area contributed by atoms with E-state index in [1.54, 1.807) is 0 Å². The Morgan fingerprint density at radius 1 is 1.20 bits per heavy atom. The molecular formula is C18H32N2. The van der Waals surface area contributed by atoms with Gasteiger partial charge >= 0.3 is 0 Å². The summed E-state index contributed by atoms with van der Waals surface area (Å²) in [6.07, 6.45) is 3.46. The standard InChI is InChI=1S/C18H32N2/c1-5-16(3)14-20(6-2)18(4,15-19)13-12-17-10-8-7-9-11-17/h7-11,16H,5-6,12-15,19H2,1-4H3. The van der Waals surface area contributed by atoms with Crippen LogP contribution in [-0.4, -0.2) is 30.1 Å². The predicted molar refractivity (Wildman–Crippen MR) is 88.9 cm³/mol. The maximum atomic E-state index is 6.12. The predicted octanol–water partition coefficient (Wildman–Crippen LogP) is 3.70. The number of nitrogens with two attached hydrogens (primary N) is 1. The molecule has 0 amide bonds. The van der Waals surface area contributed by atoms with Crippen LogP contribution in [0.2, 0.25) is 0 Å². The van der Waals surface area contributed by atoms with Gasteiger partial charge in [-0.3, -0.25) is 4.90 Å². The largest absolute Gasteiger partial charge is 0.329 e. The minimum Gasteiger partial charge on any atom is -0.329 e. The van der Waals surface area contributed by atoms with Gasteiger partial charge in [-0.1, -0.05) is 57.5 Å². The van der Waals surface area contributed by atoms with Crippen molar-refractivity contribution in [2.45, 2.75) is 52.5 Å². The Labute approximate surface area is 125 Å². The number of benzene rings is 1. The molecule has 2 nitrogen and oxygen atoms in total. The number of likely N-dealkylation sites (N-methyl/N-ethyl adjacent to an activating group) is 1. The van der Waals surface area contributed by atoms with Crippen LogP contribution in [0.25, 0.3) is 0 Å². The summed E-state index contributed by atoms with van der Waals surface area (Å²) in [5.74, 6) is 0.734. The zero-order chi connectivity index (χ0) is 15.0. The number of nitrogens with zero attached hydrogens (tertiary/aromatic N) is 1. The topological polar surface area (TPSA) is 29.3 Å². The van der Waals surface area contributed by atoms with Gasteiger partial charge in [-0.25, -0.2) is 0 Å². The number of hydrogen-bond acceptors (Lipinski definition) is 2. The molecule has 0 heterocycles. The van der Waals surface area contributed by atoms with Gasteiger partial charge in [-0.2, -0.15) is 0 Å². The van der Waals surface area contributed by atoms with Crippen molar-refractivity contribution in [1.29, 1.82) is 0 Å². The van der Waals surface area contributed by atoms with Crippen LogP contribution in [0.4, 0.5) is 0 Å². The maximum Gasteiger partial charge on any atom is 0.0306 e. The second-order valence-electron chi connectivity index (χ2n) is 6.24. The van der Waals surface area contributed by atoms with Gasteiger partial charge in [0.05, 0.1) is 0 Å². The lowest BCUT2D eigenvalue weighted by molar-refractivity contribution is 0.0903. The van der Waals surface area contributed by atoms with E-state index in [0.29, 0.717) is 0 Å². The minimum atomic E-state index is 0.105. The summed E-state index contributed by atoms with van der Waals surface area (Å²) in [7, 11) is 0. The molecule has 2 heteroatoms. The van der Waals surface area contributed by atoms with Crippen LogP contribution in [0.15, 0.2) is 30.3 Å². The highest BCUT2D eigenvalue weighted by Crippen LogP contribution is 2.22. The average molecular weight is 276 g/mol. The molecule has 2 atom stereocenters. The molecular weight excluding hydrogens is 244 g/mol. The first-order chi connectivity index (χ1) is 9.55. The fourth-order valence-electron chi connectivity index (χ4n) is 2.68. The molecule has 0 aliphatic rings. The van der Waals surface area contributed by atoms with E-state index in [0.717, 1.165) is 38.4 Å². The maximum absolute atomic E-state index is 6.12. The lowest BCUT2D eigenvalue weighted by atomic mass is 9.90. The Hall–Kier alpha value is -0.860. The molecule has 0 fully saturated rings. The number of hydrogen-bond donors (Lipinski definition) is 1. The first kappa shape index (κ1) is 17.2. The van der Waals surface area contributed by atoms with Gasteiger partial charge in [0, 0.05) is 18.6 Å². The molecule has 2 unspecified atom stereocenters. The van der Waals surface area contributed by atoms with Gasteiger partial charge in [0.1, 0.15) is 0 Å². The van der Waals surface area contributed by atoms with Crippen molar-refractivity contribution in [3.63, 3.8) is 0 Å². The molecule has 0 aromatic heterocycles. The van der Waals surface area contributed by atoms with Crippen molar-refractivity contribution in [3.8, 4) is 0 Å². The highest BCUT2D eigenvalue weighted by molar-refractivity contribution is 5.15. The third-order valence-electron chi connectivity index (χ3n) is 4.61. The summed E-state index contributed by atoms with van der Waals surface area (Å²) in [6, 6.07) is 10.7. The van der Waals surface area contributed by atoms with Gasteiger partial charge in [0.15, 0.2) is 0 Å². The summed E-state index contributed by atoms with van der Waals surface area (Å²) in [4.78, 5) is 2.57. The van der Waals surface area contributed by atoms with Crippen molar-refractivity contribution in [3.05, 3.63) is 35.9 Å². The van der Waals surface area contributed by atoms with Crippen molar-refractivity contribution < 1.29 is 0 Å². The molecule has 2 N–H and O–H groups in total. The van der Waals surface area contributed by atoms with E-state index in [2.05, 4.69) is 62.9 Å². The van der Waals surface area contributed by atoms with Gasteiger partial charge < -0.3 is 5.73 Å². The lowest BCUT2D eigenvalue weighted by Gasteiger charge is -2.41. The lowest BCUT2D eigenvalue weighted by Crippen LogP contribution is -2.53. The third-order valence-corrected chi connectivity index (χ3v) is 4.61. The Morgan fingerprint density at radius 2 is 1.85 bits per heavy atom. The smallest absolute Gasteiger partial charge is 0.0306 e. The molecule has 1 aromatic rings. The van der Waals surface area contributed by atoms with E-state index in [-0.39, 0.29) is 5.54 Å². The fraction of sp³-hybridized carbons (Fsp3) is 0.667. The second-order valence-corrected chi connectivity index (χ2v) is 6.24. The second kappa shape index (κ2) is 8.43. The van der Waals surface area contributed by atoms with Crippen LogP contribution in [0, 0.1) is 5.92 Å². The van der Waals surface area contributed by atoms with Crippen LogP contribution in [0.3, 0.4) is 0 Å². The van der Waals surface area contributed by atoms with E-state index in [1.165, 1.54) is 12.0 Å². The van der Waals surface area contributed by atoms with Gasteiger partial charge in [-0.15, -0.1) is 0 Å². The van der Waals surface area contributed by atoms with E-state index >= 15 is 0 Å². The molecule has 0 bridgehead atoms. The molecule has 0 radical (unpaired) electrons. The molecule has 0 saturated carbocycles. The first-order valence-electron chi connectivity index (χ1n) is 8.04. The Kier molecular flexibility index (Phi) is 7.25. The third kappa shape index (κ3) is 4.92. The van der Waals surface area contributed by atoms with E-state index in [4.69, 9.17) is 5.73 Å². The molecule has 0 saturated heterocycles. The fourth-order valence-corrected chi connectivity index (χ4v) is 2.68. The quantitative estimate of drug-likeness (QED) is 0.745. The highest BCUT2D eigenvalue weighted by Gasteiger charge is 2.29. The summed E-state index contributed by atoms with van der Waals surface area (Å²) >= 11 is 0. The van der Waals surface area contributed by atoms with Crippen molar-refractivity contribution in [2.24, 2.45) is 11.7 Å². The normalized spacial score (nSPS) is 16.1. The SMILES string of the molecule is CCC(C)CN(CC)C(C)(CN)CCc1ccccc1. The van der Waals surface area contributed by atoms with Crippen LogP contribution < -0.4 is 5.73 Å². The molecule has 1 aromatic carbocycles. The van der Waals surface area contributed by atoms with Gasteiger partial charge in [0.25, 0.3) is 0 Å². The first-order valence-corrected chi connectivity index (χ1v) is 8.04. The molecule has 0 aliphatic carbocycles. The minimum absolute atomic E-state index is 0.105. The van der Waals surface area contributed by atoms with Crippen molar-refractivity contribution in [2.75, 3.05) is 19.6 Å². The highest BCUT2D eigenvalue weighted by atomic mass is 15.2. The Balaban J connectivity index is 2.68. The summed E-state index contributed by atoms with van der Waals surface area (Å²) in [5, 5.41) is 0. The molecule has 0 aliphatic heterocycles. The summed E-state index contributed by atoms with van der Waals surface area (Å²) < 4.78 is 0. The summed E-state index contributed by atoms with van der Waals surface area (Å²) in [6.45, 7) is 12.1. The molecule has 0 spiro atoms. The number of rotatable bonds is 9. The molecule has 114 valence electrons. The zero-order valence-electron chi connectivity index (χ0n) is 13.7. The van der Waals surface area contributed by atoms with Crippen molar-refractivity contribution >= 4 is 0 Å². The monoisotopic (exact) mass is 276 g/mol. The number of aryl methyl sites for hydroxylation is 1. The van der Waals surface area contributed by atoms with Crippen LogP contribution in [0.1, 0.15) is 46.1 Å². The summed E-state index contributed by atoms with van der Waals surface area (Å²) in [5.41, 5.74) is 7.64. The average Bonchev–Trinajstić information content (AvgIpc) is 2.50. The van der Waals surface area contributed by atoms with E-state index in [1.807, 2.05) is 0 Å². The van der Waals surface area contributed by atoms with E-state index in [9.17, 15) is 0 Å². The van der Waals surface area contributed by atoms with Crippen LogP contribution >= 0.6 is 0 Å². The van der Waals surface area contributed by atoms with Gasteiger partial charge in [0.2, 0.25) is 0 Å². The van der Waals surface area contributed by atoms with Gasteiger partial charge in [-0.05, 0) is 37.8 Å².